The highest BCUT2D eigenvalue weighted by Gasteiger charge is 2.15. The van der Waals surface area contributed by atoms with Crippen LogP contribution in [-0.4, -0.2) is 28.2 Å². The Labute approximate surface area is 270 Å². The predicted molar refractivity (Wildman–Crippen MR) is 173 cm³/mol. The van der Waals surface area contributed by atoms with Crippen LogP contribution in [0.3, 0.4) is 0 Å². The lowest BCUT2D eigenvalue weighted by Crippen LogP contribution is -2.16. The summed E-state index contributed by atoms with van der Waals surface area (Å²) in [5.74, 6) is 1.38. The molecule has 2 aromatic heterocycles. The molecule has 0 aliphatic carbocycles. The number of nitrogens with one attached hydrogen (secondary N) is 1. The van der Waals surface area contributed by atoms with Crippen molar-refractivity contribution in [1.82, 2.24) is 9.99 Å². The minimum atomic E-state index is -0.538. The summed E-state index contributed by atoms with van der Waals surface area (Å²) in [6, 6.07) is 24.4. The van der Waals surface area contributed by atoms with Crippen LogP contribution in [0.4, 0.5) is 5.69 Å². The van der Waals surface area contributed by atoms with Crippen LogP contribution in [0.25, 0.3) is 5.69 Å². The molecule has 0 bridgehead atoms. The molecule has 1 amide bonds. The van der Waals surface area contributed by atoms with Gasteiger partial charge < -0.3 is 23.2 Å². The van der Waals surface area contributed by atoms with Gasteiger partial charge in [0.2, 0.25) is 0 Å². The van der Waals surface area contributed by atoms with Crippen molar-refractivity contribution in [3.05, 3.63) is 134 Å². The Hall–Kier alpha value is -5.55. The van der Waals surface area contributed by atoms with Crippen molar-refractivity contribution < 1.29 is 28.3 Å². The molecule has 0 aliphatic heterocycles. The zero-order valence-corrected chi connectivity index (χ0v) is 26.1. The second kappa shape index (κ2) is 14.5. The number of hydrazone groups is 1. The van der Waals surface area contributed by atoms with E-state index in [1.807, 2.05) is 31.2 Å². The molecule has 1 N–H and O–H groups in total. The fourth-order valence-corrected chi connectivity index (χ4v) is 4.93. The Bertz CT molecular complexity index is 1840. The summed E-state index contributed by atoms with van der Waals surface area (Å²) in [5.41, 5.74) is 7.05. The average molecular weight is 643 g/mol. The molecule has 5 aromatic rings. The number of carbonyl (C=O) groups excluding carboxylic acids is 1. The molecule has 5 rings (SSSR count). The summed E-state index contributed by atoms with van der Waals surface area (Å²) in [6.45, 7) is 6.56. The van der Waals surface area contributed by atoms with E-state index in [1.54, 1.807) is 36.4 Å². The molecule has 236 valence electrons. The minimum absolute atomic E-state index is 0.00925. The SMILES string of the molecule is CCOc1cc(/C=N/NC(=O)c2ccc(COc3ccc(-n4c(C)ccc4C)cc3)o2)cc(Cl)c1OCc1ccc([N+](=O)[O-])cc1. The van der Waals surface area contributed by atoms with Gasteiger partial charge in [0.05, 0.1) is 22.8 Å². The summed E-state index contributed by atoms with van der Waals surface area (Å²) in [5, 5.41) is 15.2. The second-order valence-electron chi connectivity index (χ2n) is 10.2. The molecule has 0 saturated heterocycles. The van der Waals surface area contributed by atoms with Gasteiger partial charge in [-0.05, 0) is 105 Å². The fraction of sp³-hybridized carbons (Fsp3) is 0.176. The Morgan fingerprint density at radius 1 is 0.957 bits per heavy atom. The van der Waals surface area contributed by atoms with Gasteiger partial charge in [0, 0.05) is 29.2 Å². The number of furan rings is 1. The number of ether oxygens (including phenoxy) is 3. The van der Waals surface area contributed by atoms with E-state index in [1.165, 1.54) is 18.3 Å². The molecule has 11 nitrogen and oxygen atoms in total. The maximum Gasteiger partial charge on any atom is 0.307 e. The van der Waals surface area contributed by atoms with E-state index in [-0.39, 0.29) is 29.7 Å². The summed E-state index contributed by atoms with van der Waals surface area (Å²) in [6.07, 6.45) is 1.42. The number of aromatic nitrogens is 1. The summed E-state index contributed by atoms with van der Waals surface area (Å²) in [7, 11) is 0. The lowest BCUT2D eigenvalue weighted by Gasteiger charge is -2.14. The van der Waals surface area contributed by atoms with E-state index < -0.39 is 10.8 Å². The molecule has 0 unspecified atom stereocenters. The van der Waals surface area contributed by atoms with Crippen molar-refractivity contribution in [1.29, 1.82) is 0 Å². The van der Waals surface area contributed by atoms with Crippen LogP contribution in [0.2, 0.25) is 5.02 Å². The largest absolute Gasteiger partial charge is 0.490 e. The van der Waals surface area contributed by atoms with Crippen molar-refractivity contribution in [3.63, 3.8) is 0 Å². The smallest absolute Gasteiger partial charge is 0.307 e. The third-order valence-electron chi connectivity index (χ3n) is 6.87. The lowest BCUT2D eigenvalue weighted by molar-refractivity contribution is -0.384. The van der Waals surface area contributed by atoms with Crippen LogP contribution >= 0.6 is 11.6 Å². The average Bonchev–Trinajstić information content (AvgIpc) is 3.66. The molecule has 12 heteroatoms. The summed E-state index contributed by atoms with van der Waals surface area (Å²) < 4.78 is 25.2. The van der Waals surface area contributed by atoms with Crippen LogP contribution < -0.4 is 19.6 Å². The van der Waals surface area contributed by atoms with E-state index in [0.717, 1.165) is 22.6 Å². The topological polar surface area (TPSA) is 130 Å². The van der Waals surface area contributed by atoms with Gasteiger partial charge in [-0.1, -0.05) is 11.6 Å². The van der Waals surface area contributed by atoms with Crippen molar-refractivity contribution in [2.45, 2.75) is 34.0 Å². The summed E-state index contributed by atoms with van der Waals surface area (Å²) in [4.78, 5) is 23.0. The van der Waals surface area contributed by atoms with E-state index in [2.05, 4.69) is 41.1 Å². The maximum atomic E-state index is 12.6. The number of nitro groups is 1. The first-order chi connectivity index (χ1) is 22.2. The molecule has 0 spiro atoms. The first kappa shape index (κ1) is 31.9. The minimum Gasteiger partial charge on any atom is -0.490 e. The van der Waals surface area contributed by atoms with Gasteiger partial charge in [0.1, 0.15) is 24.7 Å². The number of aryl methyl sites for hydroxylation is 2. The second-order valence-corrected chi connectivity index (χ2v) is 10.6. The number of benzene rings is 3. The molecule has 0 fully saturated rings. The van der Waals surface area contributed by atoms with Crippen molar-refractivity contribution >= 4 is 29.4 Å². The van der Waals surface area contributed by atoms with Crippen LogP contribution in [0.1, 0.15) is 45.8 Å². The monoisotopic (exact) mass is 642 g/mol. The molecule has 0 aliphatic rings. The predicted octanol–water partition coefficient (Wildman–Crippen LogP) is 7.57. The van der Waals surface area contributed by atoms with Gasteiger partial charge in [-0.3, -0.25) is 14.9 Å². The molecular formula is C34H31ClN4O7. The highest BCUT2D eigenvalue weighted by molar-refractivity contribution is 6.32. The maximum absolute atomic E-state index is 12.6. The highest BCUT2D eigenvalue weighted by atomic mass is 35.5. The third kappa shape index (κ3) is 7.74. The number of hydrogen-bond donors (Lipinski definition) is 1. The number of nitrogens with zero attached hydrogens (tertiary/aromatic N) is 3. The molecule has 3 aromatic carbocycles. The summed E-state index contributed by atoms with van der Waals surface area (Å²) >= 11 is 6.49. The number of rotatable bonds is 13. The Morgan fingerprint density at radius 2 is 1.67 bits per heavy atom. The highest BCUT2D eigenvalue weighted by Crippen LogP contribution is 2.37. The third-order valence-corrected chi connectivity index (χ3v) is 7.16. The molecule has 0 radical (unpaired) electrons. The Kier molecular flexibility index (Phi) is 10.0. The molecule has 0 saturated carbocycles. The molecule has 46 heavy (non-hydrogen) atoms. The Morgan fingerprint density at radius 3 is 2.35 bits per heavy atom. The molecule has 2 heterocycles. The number of non-ortho nitro benzene ring substituents is 1. The fourth-order valence-electron chi connectivity index (χ4n) is 4.65. The van der Waals surface area contributed by atoms with Gasteiger partial charge in [-0.25, -0.2) is 5.43 Å². The van der Waals surface area contributed by atoms with E-state index in [0.29, 0.717) is 35.2 Å². The molecule has 0 atom stereocenters. The number of hydrogen-bond acceptors (Lipinski definition) is 8. The van der Waals surface area contributed by atoms with Crippen LogP contribution in [-0.2, 0) is 13.2 Å². The van der Waals surface area contributed by atoms with E-state index in [9.17, 15) is 14.9 Å². The van der Waals surface area contributed by atoms with E-state index >= 15 is 0 Å². The van der Waals surface area contributed by atoms with Gasteiger partial charge in [-0.2, -0.15) is 5.10 Å². The van der Waals surface area contributed by atoms with Crippen molar-refractivity contribution in [3.8, 4) is 22.9 Å². The number of amides is 1. The first-order valence-corrected chi connectivity index (χ1v) is 14.7. The quantitative estimate of drug-likeness (QED) is 0.0796. The van der Waals surface area contributed by atoms with Crippen molar-refractivity contribution in [2.24, 2.45) is 5.10 Å². The van der Waals surface area contributed by atoms with Gasteiger partial charge in [0.25, 0.3) is 5.69 Å². The van der Waals surface area contributed by atoms with Crippen LogP contribution in [0, 0.1) is 24.0 Å². The zero-order chi connectivity index (χ0) is 32.6. The molecular weight excluding hydrogens is 612 g/mol. The number of halogens is 1. The zero-order valence-electron chi connectivity index (χ0n) is 25.4. The van der Waals surface area contributed by atoms with Gasteiger partial charge >= 0.3 is 5.91 Å². The number of nitro benzene ring substituents is 1. The van der Waals surface area contributed by atoms with Crippen LogP contribution in [0.15, 0.2) is 94.4 Å². The normalized spacial score (nSPS) is 11.0. The van der Waals surface area contributed by atoms with E-state index in [4.69, 9.17) is 30.2 Å². The Balaban J connectivity index is 1.15. The number of carbonyl (C=O) groups is 1. The first-order valence-electron chi connectivity index (χ1n) is 14.3. The standard InChI is InChI=1S/C34H31ClN4O7/c1-4-43-32-18-25(17-30(35)33(32)45-20-24-7-9-27(10-8-24)39(41)42)19-36-37-34(40)31-16-15-29(46-31)21-44-28-13-11-26(12-14-28)38-22(2)5-6-23(38)3/h5-19H,4,20-21H2,1-3H3,(H,37,40)/b36-19+. The lowest BCUT2D eigenvalue weighted by atomic mass is 10.2. The van der Waals surface area contributed by atoms with Crippen molar-refractivity contribution in [2.75, 3.05) is 6.61 Å². The van der Waals surface area contributed by atoms with Gasteiger partial charge in [0.15, 0.2) is 17.3 Å². The van der Waals surface area contributed by atoms with Gasteiger partial charge in [-0.15, -0.1) is 0 Å². The van der Waals surface area contributed by atoms with Crippen LogP contribution in [0.5, 0.6) is 17.2 Å².